The molecule has 0 aromatic carbocycles. The molecular formula is C14H20N5O5+. The zero-order valence-corrected chi connectivity index (χ0v) is 12.8. The van der Waals surface area contributed by atoms with Crippen molar-refractivity contribution in [1.82, 2.24) is 14.5 Å². The van der Waals surface area contributed by atoms with Crippen LogP contribution in [-0.4, -0.2) is 66.5 Å². The standard InChI is InChI=1S/C14H19N5O5/c1-2-7(3-20)18-6-17-13-9(12(18)15)16-5-19(13)14-11(23)10(22)8(4-21)24-14/h2,5-8,10-11,14-15,20-23H,1,3-4H2/p+1/t7?,8-,10-,11-,14-/m1/s1. The Morgan fingerprint density at radius 3 is 2.71 bits per heavy atom. The summed E-state index contributed by atoms with van der Waals surface area (Å²) >= 11 is 0. The topological polar surface area (TPSA) is 151 Å². The summed E-state index contributed by atoms with van der Waals surface area (Å²) in [4.78, 5) is 8.45. The first-order valence-electron chi connectivity index (χ1n) is 7.41. The van der Waals surface area contributed by atoms with Crippen LogP contribution in [0.1, 0.15) is 12.3 Å². The fourth-order valence-corrected chi connectivity index (χ4v) is 2.80. The number of aliphatic hydroxyl groups excluding tert-OH is 4. The molecule has 1 unspecified atom stereocenters. The minimum absolute atomic E-state index is 0.193. The molecular weight excluding hydrogens is 318 g/mol. The molecule has 0 radical (unpaired) electrons. The summed E-state index contributed by atoms with van der Waals surface area (Å²) in [5, 5.41) is 38.6. The maximum absolute atomic E-state index is 10.1. The Morgan fingerprint density at radius 1 is 1.38 bits per heavy atom. The second kappa shape index (κ2) is 6.42. The van der Waals surface area contributed by atoms with Crippen molar-refractivity contribution in [3.63, 3.8) is 0 Å². The van der Waals surface area contributed by atoms with Crippen LogP contribution in [0, 0.1) is 0 Å². The van der Waals surface area contributed by atoms with Crippen molar-refractivity contribution in [1.29, 1.82) is 0 Å². The van der Waals surface area contributed by atoms with Gasteiger partial charge in [-0.05, 0) is 0 Å². The van der Waals surface area contributed by atoms with Crippen LogP contribution < -0.4 is 10.3 Å². The van der Waals surface area contributed by atoms with E-state index in [1.807, 2.05) is 0 Å². The molecule has 0 spiro atoms. The van der Waals surface area contributed by atoms with E-state index >= 15 is 0 Å². The van der Waals surface area contributed by atoms with Gasteiger partial charge in [0.05, 0.1) is 13.2 Å². The maximum Gasteiger partial charge on any atom is 0.251 e. The van der Waals surface area contributed by atoms with Gasteiger partial charge in [-0.15, -0.1) is 0 Å². The van der Waals surface area contributed by atoms with E-state index in [0.717, 1.165) is 0 Å². The van der Waals surface area contributed by atoms with Gasteiger partial charge in [0.15, 0.2) is 11.7 Å². The summed E-state index contributed by atoms with van der Waals surface area (Å²) in [5.41, 5.74) is 6.80. The molecule has 0 saturated carbocycles. The van der Waals surface area contributed by atoms with Gasteiger partial charge in [-0.2, -0.15) is 0 Å². The SMILES string of the molecule is C=CC(CO)[n+]1cnc2c(ncn2[C@@H]2O[C@H](CO)[C@@H](O)[C@H]2O)c1N. The highest BCUT2D eigenvalue weighted by atomic mass is 16.6. The third-order valence-corrected chi connectivity index (χ3v) is 4.20. The molecule has 3 heterocycles. The number of ether oxygens (including phenoxy) is 1. The van der Waals surface area contributed by atoms with Crippen molar-refractivity contribution in [3.05, 3.63) is 25.3 Å². The second-order valence-corrected chi connectivity index (χ2v) is 5.58. The van der Waals surface area contributed by atoms with E-state index in [4.69, 9.17) is 10.5 Å². The van der Waals surface area contributed by atoms with Gasteiger partial charge in [0, 0.05) is 0 Å². The molecule has 2 aromatic heterocycles. The molecule has 1 aliphatic heterocycles. The van der Waals surface area contributed by atoms with Crippen LogP contribution in [0.3, 0.4) is 0 Å². The Labute approximate surface area is 137 Å². The van der Waals surface area contributed by atoms with Gasteiger partial charge >= 0.3 is 0 Å². The van der Waals surface area contributed by atoms with Gasteiger partial charge in [0.1, 0.15) is 30.7 Å². The van der Waals surface area contributed by atoms with E-state index in [9.17, 15) is 20.4 Å². The lowest BCUT2D eigenvalue weighted by Gasteiger charge is -2.16. The maximum atomic E-state index is 10.1. The minimum atomic E-state index is -1.24. The first kappa shape index (κ1) is 16.7. The van der Waals surface area contributed by atoms with Crippen molar-refractivity contribution >= 4 is 17.0 Å². The number of fused-ring (bicyclic) bond motifs is 1. The Hall–Kier alpha value is -2.11. The monoisotopic (exact) mass is 338 g/mol. The highest BCUT2D eigenvalue weighted by Crippen LogP contribution is 2.31. The number of nitrogens with zero attached hydrogens (tertiary/aromatic N) is 4. The van der Waals surface area contributed by atoms with E-state index in [0.29, 0.717) is 11.2 Å². The zero-order valence-electron chi connectivity index (χ0n) is 12.8. The summed E-state index contributed by atoms with van der Waals surface area (Å²) < 4.78 is 8.45. The summed E-state index contributed by atoms with van der Waals surface area (Å²) in [5.74, 6) is 0.268. The number of aliphatic hydroxyl groups is 4. The molecule has 10 nitrogen and oxygen atoms in total. The van der Waals surface area contributed by atoms with E-state index in [1.54, 1.807) is 0 Å². The smallest absolute Gasteiger partial charge is 0.251 e. The predicted octanol–water partition coefficient (Wildman–Crippen LogP) is -2.37. The number of imidazole rings is 1. The van der Waals surface area contributed by atoms with Crippen LogP contribution in [-0.2, 0) is 4.74 Å². The van der Waals surface area contributed by atoms with Crippen molar-refractivity contribution < 1.29 is 29.7 Å². The summed E-state index contributed by atoms with van der Waals surface area (Å²) in [7, 11) is 0. The van der Waals surface area contributed by atoms with E-state index in [-0.39, 0.29) is 12.4 Å². The molecule has 1 fully saturated rings. The van der Waals surface area contributed by atoms with Gasteiger partial charge < -0.3 is 30.9 Å². The van der Waals surface area contributed by atoms with Gasteiger partial charge in [-0.25, -0.2) is 9.55 Å². The summed E-state index contributed by atoms with van der Waals surface area (Å²) in [6.45, 7) is 3.02. The van der Waals surface area contributed by atoms with Crippen LogP contribution in [0.15, 0.2) is 25.3 Å². The Bertz CT molecular complexity index is 750. The fraction of sp³-hybridized carbons (Fsp3) is 0.500. The van der Waals surface area contributed by atoms with Gasteiger partial charge in [-0.3, -0.25) is 4.57 Å². The van der Waals surface area contributed by atoms with E-state index in [1.165, 1.54) is 27.9 Å². The normalized spacial score (nSPS) is 28.3. The van der Waals surface area contributed by atoms with Crippen LogP contribution >= 0.6 is 0 Å². The number of hydrogen-bond donors (Lipinski definition) is 5. The fourth-order valence-electron chi connectivity index (χ4n) is 2.80. The van der Waals surface area contributed by atoms with Crippen molar-refractivity contribution in [2.24, 2.45) is 0 Å². The molecule has 1 aliphatic rings. The largest absolute Gasteiger partial charge is 0.394 e. The number of hydrogen-bond acceptors (Lipinski definition) is 8. The van der Waals surface area contributed by atoms with E-state index < -0.39 is 37.2 Å². The minimum Gasteiger partial charge on any atom is -0.394 e. The lowest BCUT2D eigenvalue weighted by atomic mass is 10.1. The molecule has 24 heavy (non-hydrogen) atoms. The molecule has 6 N–H and O–H groups in total. The van der Waals surface area contributed by atoms with Gasteiger partial charge in [-0.1, -0.05) is 17.6 Å². The molecule has 0 amide bonds. The lowest BCUT2D eigenvalue weighted by Crippen LogP contribution is -2.43. The molecule has 1 saturated heterocycles. The van der Waals surface area contributed by atoms with Crippen LogP contribution in [0.25, 0.3) is 11.2 Å². The van der Waals surface area contributed by atoms with E-state index in [2.05, 4.69) is 16.5 Å². The average molecular weight is 338 g/mol. The zero-order chi connectivity index (χ0) is 17.4. The van der Waals surface area contributed by atoms with Gasteiger partial charge in [0.2, 0.25) is 12.0 Å². The highest BCUT2D eigenvalue weighted by molar-refractivity contribution is 5.79. The third kappa shape index (κ3) is 2.44. The summed E-state index contributed by atoms with van der Waals surface area (Å²) in [6.07, 6.45) is 0.0508. The van der Waals surface area contributed by atoms with Crippen molar-refractivity contribution in [2.75, 3.05) is 18.9 Å². The van der Waals surface area contributed by atoms with Gasteiger partial charge in [0.25, 0.3) is 5.82 Å². The second-order valence-electron chi connectivity index (χ2n) is 5.58. The number of nitrogens with two attached hydrogens (primary N) is 1. The Morgan fingerprint density at radius 2 is 2.12 bits per heavy atom. The molecule has 3 rings (SSSR count). The first-order chi connectivity index (χ1) is 11.5. The Kier molecular flexibility index (Phi) is 4.47. The summed E-state index contributed by atoms with van der Waals surface area (Å²) in [6, 6.07) is -0.444. The molecule has 10 heteroatoms. The predicted molar refractivity (Wildman–Crippen MR) is 81.5 cm³/mol. The third-order valence-electron chi connectivity index (χ3n) is 4.20. The first-order valence-corrected chi connectivity index (χ1v) is 7.41. The highest BCUT2D eigenvalue weighted by Gasteiger charge is 2.44. The van der Waals surface area contributed by atoms with Crippen LogP contribution in [0.2, 0.25) is 0 Å². The van der Waals surface area contributed by atoms with Crippen LogP contribution in [0.4, 0.5) is 5.82 Å². The number of nitrogen functional groups attached to an aromatic ring is 1. The Balaban J connectivity index is 2.03. The number of rotatable bonds is 5. The number of anilines is 1. The van der Waals surface area contributed by atoms with Crippen LogP contribution in [0.5, 0.6) is 0 Å². The van der Waals surface area contributed by atoms with Crippen molar-refractivity contribution in [3.8, 4) is 0 Å². The number of aromatic nitrogens is 4. The quantitative estimate of drug-likeness (QED) is 0.300. The molecule has 0 aliphatic carbocycles. The molecule has 130 valence electrons. The molecule has 2 aromatic rings. The lowest BCUT2D eigenvalue weighted by molar-refractivity contribution is -0.701. The molecule has 0 bridgehead atoms. The average Bonchev–Trinajstić information content (AvgIpc) is 3.13. The van der Waals surface area contributed by atoms with Crippen molar-refractivity contribution in [2.45, 2.75) is 30.6 Å². The molecule has 5 atom stereocenters.